The summed E-state index contributed by atoms with van der Waals surface area (Å²) in [5.74, 6) is 0.491. The summed E-state index contributed by atoms with van der Waals surface area (Å²) in [6.45, 7) is 4.83. The Balaban J connectivity index is 2.07. The van der Waals surface area contributed by atoms with Crippen LogP contribution in [0.1, 0.15) is 61.4 Å². The van der Waals surface area contributed by atoms with Gasteiger partial charge in [-0.15, -0.1) is 0 Å². The van der Waals surface area contributed by atoms with E-state index in [4.69, 9.17) is 5.73 Å². The second-order valence-electron chi connectivity index (χ2n) is 5.92. The summed E-state index contributed by atoms with van der Waals surface area (Å²) in [5, 5.41) is 3.14. The highest BCUT2D eigenvalue weighted by Crippen LogP contribution is 2.29. The molecule has 0 radical (unpaired) electrons. The van der Waals surface area contributed by atoms with Gasteiger partial charge in [0.25, 0.3) is 5.91 Å². The second-order valence-corrected chi connectivity index (χ2v) is 5.92. The van der Waals surface area contributed by atoms with Crippen LogP contribution < -0.4 is 11.1 Å². The van der Waals surface area contributed by atoms with Gasteiger partial charge in [0, 0.05) is 12.1 Å². The van der Waals surface area contributed by atoms with Crippen LogP contribution in [0.4, 0.5) is 0 Å². The van der Waals surface area contributed by atoms with Crippen LogP contribution in [-0.4, -0.2) is 18.0 Å². The summed E-state index contributed by atoms with van der Waals surface area (Å²) < 4.78 is 0. The number of hydrogen-bond donors (Lipinski definition) is 2. The van der Waals surface area contributed by atoms with E-state index >= 15 is 0 Å². The van der Waals surface area contributed by atoms with Crippen molar-refractivity contribution < 1.29 is 4.79 Å². The monoisotopic (exact) mass is 260 g/mol. The normalized spacial score (nSPS) is 17.7. The molecule has 1 aromatic rings. The molecule has 104 valence electrons. The zero-order valence-corrected chi connectivity index (χ0v) is 11.9. The lowest BCUT2D eigenvalue weighted by Gasteiger charge is -2.28. The van der Waals surface area contributed by atoms with Crippen LogP contribution in [0.3, 0.4) is 0 Å². The van der Waals surface area contributed by atoms with Crippen molar-refractivity contribution >= 4 is 5.91 Å². The predicted molar refractivity (Wildman–Crippen MR) is 78.3 cm³/mol. The average Bonchev–Trinajstić information content (AvgIpc) is 2.88. The number of carbonyl (C=O) groups excluding carboxylic acids is 1. The molecule has 0 aromatic heterocycles. The van der Waals surface area contributed by atoms with Crippen molar-refractivity contribution in [2.45, 2.75) is 51.0 Å². The summed E-state index contributed by atoms with van der Waals surface area (Å²) in [4.78, 5) is 12.3. The van der Waals surface area contributed by atoms with Gasteiger partial charge in [0.05, 0.1) is 5.54 Å². The molecule has 3 nitrogen and oxygen atoms in total. The number of nitrogens with one attached hydrogen (secondary N) is 1. The Morgan fingerprint density at radius 2 is 1.84 bits per heavy atom. The fourth-order valence-corrected chi connectivity index (χ4v) is 2.76. The molecule has 2 rings (SSSR count). The first kappa shape index (κ1) is 14.1. The molecule has 1 aliphatic carbocycles. The third-order valence-corrected chi connectivity index (χ3v) is 4.17. The third kappa shape index (κ3) is 3.16. The van der Waals surface area contributed by atoms with E-state index in [0.717, 1.165) is 31.2 Å². The van der Waals surface area contributed by atoms with E-state index < -0.39 is 0 Å². The molecule has 0 spiro atoms. The highest BCUT2D eigenvalue weighted by Gasteiger charge is 2.33. The molecule has 3 heteroatoms. The number of carbonyl (C=O) groups is 1. The Morgan fingerprint density at radius 1 is 1.26 bits per heavy atom. The molecule has 1 saturated carbocycles. The number of amides is 1. The molecule has 3 N–H and O–H groups in total. The molecule has 0 unspecified atom stereocenters. The van der Waals surface area contributed by atoms with Gasteiger partial charge in [-0.05, 0) is 36.5 Å². The van der Waals surface area contributed by atoms with Gasteiger partial charge in [0.15, 0.2) is 0 Å². The summed E-state index contributed by atoms with van der Waals surface area (Å²) in [6.07, 6.45) is 4.31. The standard InChI is InChI=1S/C16H24N2O/c1-12(2)13-5-7-14(8-6-13)15(19)18-16(11-17)9-3-4-10-16/h5-8,12H,3-4,9-11,17H2,1-2H3,(H,18,19). The van der Waals surface area contributed by atoms with E-state index in [9.17, 15) is 4.79 Å². The fourth-order valence-electron chi connectivity index (χ4n) is 2.76. The molecule has 0 heterocycles. The number of rotatable bonds is 4. The van der Waals surface area contributed by atoms with Crippen LogP contribution in [0.15, 0.2) is 24.3 Å². The zero-order chi connectivity index (χ0) is 13.9. The van der Waals surface area contributed by atoms with Gasteiger partial charge >= 0.3 is 0 Å². The molecule has 0 atom stereocenters. The zero-order valence-electron chi connectivity index (χ0n) is 11.9. The molecule has 0 bridgehead atoms. The lowest BCUT2D eigenvalue weighted by atomic mass is 9.96. The Bertz CT molecular complexity index is 431. The molecular formula is C16H24N2O. The van der Waals surface area contributed by atoms with Crippen molar-refractivity contribution in [3.8, 4) is 0 Å². The second kappa shape index (κ2) is 5.74. The maximum Gasteiger partial charge on any atom is 0.251 e. The Labute approximate surface area is 115 Å². The topological polar surface area (TPSA) is 55.1 Å². The van der Waals surface area contributed by atoms with E-state index in [2.05, 4.69) is 19.2 Å². The SMILES string of the molecule is CC(C)c1ccc(C(=O)NC2(CN)CCCC2)cc1. The maximum absolute atomic E-state index is 12.3. The highest BCUT2D eigenvalue weighted by molar-refractivity contribution is 5.94. The van der Waals surface area contributed by atoms with Crippen LogP contribution in [0.5, 0.6) is 0 Å². The third-order valence-electron chi connectivity index (χ3n) is 4.17. The van der Waals surface area contributed by atoms with Crippen LogP contribution >= 0.6 is 0 Å². The van der Waals surface area contributed by atoms with Crippen LogP contribution in [0, 0.1) is 0 Å². The molecule has 1 aromatic carbocycles. The molecule has 0 saturated heterocycles. The molecule has 0 aliphatic heterocycles. The van der Waals surface area contributed by atoms with Crippen molar-refractivity contribution in [1.29, 1.82) is 0 Å². The average molecular weight is 260 g/mol. The Kier molecular flexibility index (Phi) is 4.25. The van der Waals surface area contributed by atoms with Crippen LogP contribution in [-0.2, 0) is 0 Å². The van der Waals surface area contributed by atoms with Crippen molar-refractivity contribution in [2.75, 3.05) is 6.54 Å². The van der Waals surface area contributed by atoms with Gasteiger partial charge in [0.1, 0.15) is 0 Å². The number of benzene rings is 1. The fraction of sp³-hybridized carbons (Fsp3) is 0.562. The summed E-state index contributed by atoms with van der Waals surface area (Å²) >= 11 is 0. The first-order valence-corrected chi connectivity index (χ1v) is 7.19. The minimum atomic E-state index is -0.173. The van der Waals surface area contributed by atoms with E-state index in [1.54, 1.807) is 0 Å². The lowest BCUT2D eigenvalue weighted by molar-refractivity contribution is 0.0903. The lowest BCUT2D eigenvalue weighted by Crippen LogP contribution is -2.51. The number of hydrogen-bond acceptors (Lipinski definition) is 2. The first-order chi connectivity index (χ1) is 9.06. The van der Waals surface area contributed by atoms with Gasteiger partial charge in [-0.25, -0.2) is 0 Å². The number of nitrogens with two attached hydrogens (primary N) is 1. The molecule has 1 fully saturated rings. The van der Waals surface area contributed by atoms with Crippen molar-refractivity contribution in [3.05, 3.63) is 35.4 Å². The van der Waals surface area contributed by atoms with Gasteiger partial charge in [-0.3, -0.25) is 4.79 Å². The van der Waals surface area contributed by atoms with Gasteiger partial charge in [-0.2, -0.15) is 0 Å². The molecule has 19 heavy (non-hydrogen) atoms. The highest BCUT2D eigenvalue weighted by atomic mass is 16.1. The summed E-state index contributed by atoms with van der Waals surface area (Å²) in [5.41, 5.74) is 7.65. The minimum absolute atomic E-state index is 0.00246. The van der Waals surface area contributed by atoms with E-state index in [0.29, 0.717) is 12.5 Å². The Hall–Kier alpha value is -1.35. The largest absolute Gasteiger partial charge is 0.345 e. The smallest absolute Gasteiger partial charge is 0.251 e. The van der Waals surface area contributed by atoms with Crippen molar-refractivity contribution in [1.82, 2.24) is 5.32 Å². The van der Waals surface area contributed by atoms with E-state index in [1.165, 1.54) is 5.56 Å². The van der Waals surface area contributed by atoms with Crippen LogP contribution in [0.25, 0.3) is 0 Å². The molecule has 1 amide bonds. The van der Waals surface area contributed by atoms with Crippen molar-refractivity contribution in [3.63, 3.8) is 0 Å². The van der Waals surface area contributed by atoms with Gasteiger partial charge in [-0.1, -0.05) is 38.8 Å². The summed E-state index contributed by atoms with van der Waals surface area (Å²) in [7, 11) is 0. The molecular weight excluding hydrogens is 236 g/mol. The van der Waals surface area contributed by atoms with Crippen LogP contribution in [0.2, 0.25) is 0 Å². The van der Waals surface area contributed by atoms with Gasteiger partial charge < -0.3 is 11.1 Å². The van der Waals surface area contributed by atoms with E-state index in [-0.39, 0.29) is 11.4 Å². The minimum Gasteiger partial charge on any atom is -0.345 e. The van der Waals surface area contributed by atoms with Crippen molar-refractivity contribution in [2.24, 2.45) is 5.73 Å². The first-order valence-electron chi connectivity index (χ1n) is 7.19. The summed E-state index contributed by atoms with van der Waals surface area (Å²) in [6, 6.07) is 7.88. The Morgan fingerprint density at radius 3 is 2.32 bits per heavy atom. The quantitative estimate of drug-likeness (QED) is 0.874. The predicted octanol–water partition coefficient (Wildman–Crippen LogP) is 2.81. The van der Waals surface area contributed by atoms with E-state index in [1.807, 2.05) is 24.3 Å². The maximum atomic E-state index is 12.3. The van der Waals surface area contributed by atoms with Gasteiger partial charge in [0.2, 0.25) is 0 Å². The molecule has 1 aliphatic rings.